The number of allylic oxidation sites excluding steroid dienone is 2. The lowest BCUT2D eigenvalue weighted by Gasteiger charge is -2.25. The van der Waals surface area contributed by atoms with Gasteiger partial charge in [-0.15, -0.1) is 0 Å². The highest BCUT2D eigenvalue weighted by molar-refractivity contribution is 5.74. The SMILES string of the molecule is C=C/C(=C\NC(Cc1ccc(OCCN(C)C2=NC/C=C\C=C/CO2)cc1)C(=O)O)C(OC)C(C)CCCCCC. The van der Waals surface area contributed by atoms with Crippen molar-refractivity contribution in [1.29, 1.82) is 0 Å². The molecule has 0 amide bonds. The molecule has 0 fully saturated rings. The molecule has 0 bridgehead atoms. The van der Waals surface area contributed by atoms with Gasteiger partial charge in [-0.2, -0.15) is 0 Å². The molecule has 0 saturated carbocycles. The molecule has 8 heteroatoms. The highest BCUT2D eigenvalue weighted by Crippen LogP contribution is 2.22. The summed E-state index contributed by atoms with van der Waals surface area (Å²) in [4.78, 5) is 18.4. The zero-order valence-corrected chi connectivity index (χ0v) is 25.3. The van der Waals surface area contributed by atoms with Crippen LogP contribution in [0.5, 0.6) is 5.75 Å². The van der Waals surface area contributed by atoms with E-state index >= 15 is 0 Å². The van der Waals surface area contributed by atoms with Gasteiger partial charge in [-0.05, 0) is 41.7 Å². The third-order valence-electron chi connectivity index (χ3n) is 7.01. The van der Waals surface area contributed by atoms with Crippen molar-refractivity contribution < 1.29 is 24.1 Å². The number of hydrogen-bond donors (Lipinski definition) is 2. The summed E-state index contributed by atoms with van der Waals surface area (Å²) in [6.07, 6.45) is 17.4. The first-order valence-electron chi connectivity index (χ1n) is 14.7. The molecule has 0 spiro atoms. The number of carboxylic acid groups (broad SMARTS) is 1. The van der Waals surface area contributed by atoms with Crippen molar-refractivity contribution in [1.82, 2.24) is 10.2 Å². The zero-order chi connectivity index (χ0) is 29.9. The van der Waals surface area contributed by atoms with Crippen LogP contribution in [0.2, 0.25) is 0 Å². The van der Waals surface area contributed by atoms with Crippen molar-refractivity contribution in [3.63, 3.8) is 0 Å². The van der Waals surface area contributed by atoms with E-state index in [1.807, 2.05) is 60.5 Å². The van der Waals surface area contributed by atoms with E-state index in [-0.39, 0.29) is 6.10 Å². The molecule has 1 aromatic carbocycles. The number of nitrogens with one attached hydrogen (secondary N) is 1. The van der Waals surface area contributed by atoms with E-state index in [9.17, 15) is 9.90 Å². The summed E-state index contributed by atoms with van der Waals surface area (Å²) in [6.45, 7) is 10.4. The van der Waals surface area contributed by atoms with E-state index < -0.39 is 12.0 Å². The summed E-state index contributed by atoms with van der Waals surface area (Å²) in [5.41, 5.74) is 1.75. The smallest absolute Gasteiger partial charge is 0.326 e. The number of ether oxygens (including phenoxy) is 3. The average molecular weight is 568 g/mol. The Morgan fingerprint density at radius 1 is 1.22 bits per heavy atom. The number of amidine groups is 1. The number of carboxylic acids is 1. The third kappa shape index (κ3) is 12.7. The van der Waals surface area contributed by atoms with Gasteiger partial charge in [0.2, 0.25) is 0 Å². The largest absolute Gasteiger partial charge is 0.492 e. The third-order valence-corrected chi connectivity index (χ3v) is 7.01. The number of aliphatic imine (C=N–C) groups is 1. The van der Waals surface area contributed by atoms with Gasteiger partial charge < -0.3 is 29.5 Å². The molecule has 2 N–H and O–H groups in total. The Kier molecular flexibility index (Phi) is 16.1. The number of rotatable bonds is 18. The van der Waals surface area contributed by atoms with E-state index in [0.717, 1.165) is 29.7 Å². The molecule has 1 aliphatic rings. The normalized spacial score (nSPS) is 17.4. The second kappa shape index (κ2) is 19.5. The van der Waals surface area contributed by atoms with Crippen LogP contribution in [0.1, 0.15) is 51.5 Å². The topological polar surface area (TPSA) is 92.6 Å². The van der Waals surface area contributed by atoms with Crippen LogP contribution < -0.4 is 10.1 Å². The molecule has 3 atom stereocenters. The molecular weight excluding hydrogens is 518 g/mol. The van der Waals surface area contributed by atoms with Crippen molar-refractivity contribution in [2.24, 2.45) is 10.9 Å². The molecule has 8 nitrogen and oxygen atoms in total. The van der Waals surface area contributed by atoms with Gasteiger partial charge in [0.15, 0.2) is 0 Å². The van der Waals surface area contributed by atoms with Gasteiger partial charge >= 0.3 is 5.97 Å². The van der Waals surface area contributed by atoms with Gasteiger partial charge in [0.1, 0.15) is 25.0 Å². The van der Waals surface area contributed by atoms with Crippen LogP contribution in [0, 0.1) is 5.92 Å². The summed E-state index contributed by atoms with van der Waals surface area (Å²) in [5, 5.41) is 13.0. The number of benzene rings is 1. The molecule has 2 rings (SSSR count). The fraction of sp³-hybridized carbons (Fsp3) is 0.515. The molecule has 0 saturated heterocycles. The second-order valence-electron chi connectivity index (χ2n) is 10.3. The van der Waals surface area contributed by atoms with Crippen LogP contribution in [0.3, 0.4) is 0 Å². The van der Waals surface area contributed by atoms with E-state index in [1.54, 1.807) is 19.4 Å². The molecule has 1 aromatic rings. The maximum absolute atomic E-state index is 12.0. The first-order chi connectivity index (χ1) is 19.9. The highest BCUT2D eigenvalue weighted by Gasteiger charge is 2.21. The predicted octanol–water partition coefficient (Wildman–Crippen LogP) is 5.77. The zero-order valence-electron chi connectivity index (χ0n) is 25.3. The summed E-state index contributed by atoms with van der Waals surface area (Å²) >= 11 is 0. The van der Waals surface area contributed by atoms with Crippen molar-refractivity contribution in [3.8, 4) is 5.75 Å². The molecule has 1 heterocycles. The Morgan fingerprint density at radius 3 is 2.66 bits per heavy atom. The Bertz CT molecular complexity index is 1030. The van der Waals surface area contributed by atoms with Crippen LogP contribution in [0.4, 0.5) is 0 Å². The quantitative estimate of drug-likeness (QED) is 0.172. The van der Waals surface area contributed by atoms with Gasteiger partial charge in [0.25, 0.3) is 6.02 Å². The van der Waals surface area contributed by atoms with E-state index in [1.165, 1.54) is 19.3 Å². The Labute approximate surface area is 246 Å². The summed E-state index contributed by atoms with van der Waals surface area (Å²) in [6, 6.07) is 7.32. The molecule has 3 unspecified atom stereocenters. The molecular formula is C33H49N3O5. The average Bonchev–Trinajstić information content (AvgIpc) is 3.11. The minimum absolute atomic E-state index is 0.143. The minimum atomic E-state index is -0.921. The molecule has 0 radical (unpaired) electrons. The number of hydrogen-bond acceptors (Lipinski definition) is 7. The predicted molar refractivity (Wildman–Crippen MR) is 166 cm³/mol. The number of methoxy groups -OCH3 is 1. The van der Waals surface area contributed by atoms with Crippen molar-refractivity contribution in [3.05, 3.63) is 78.6 Å². The van der Waals surface area contributed by atoms with Crippen molar-refractivity contribution in [2.45, 2.75) is 64.5 Å². The summed E-state index contributed by atoms with van der Waals surface area (Å²) < 4.78 is 17.4. The van der Waals surface area contributed by atoms with Crippen LogP contribution in [-0.2, 0) is 20.7 Å². The lowest BCUT2D eigenvalue weighted by molar-refractivity contribution is -0.139. The Morgan fingerprint density at radius 2 is 1.98 bits per heavy atom. The van der Waals surface area contributed by atoms with E-state index in [2.05, 4.69) is 30.7 Å². The lowest BCUT2D eigenvalue weighted by atomic mass is 9.92. The fourth-order valence-electron chi connectivity index (χ4n) is 4.57. The van der Waals surface area contributed by atoms with Gasteiger partial charge in [-0.3, -0.25) is 0 Å². The standard InChI is InChI=1S/C33H49N3O5/c1-6-8-9-12-15-26(3)31(39-5)28(7-2)25-35-30(32(37)38)24-27-16-18-29(19-17-27)40-23-21-36(4)33-34-20-13-10-11-14-22-41-33/h7,10-11,13-14,16-19,25-26,30-31,35H,2,6,8-9,12,15,20-24H2,1,3-5H3,(H,37,38)/b13-10-,14-11-,28-25+,34-33?. The van der Waals surface area contributed by atoms with Crippen molar-refractivity contribution in [2.75, 3.05) is 40.5 Å². The number of nitrogens with zero attached hydrogens (tertiary/aromatic N) is 2. The van der Waals surface area contributed by atoms with Gasteiger partial charge in [0.05, 0.1) is 19.2 Å². The van der Waals surface area contributed by atoms with Crippen LogP contribution >= 0.6 is 0 Å². The van der Waals surface area contributed by atoms with Gasteiger partial charge in [-0.25, -0.2) is 9.79 Å². The van der Waals surface area contributed by atoms with Crippen LogP contribution in [0.25, 0.3) is 0 Å². The molecule has 0 aliphatic carbocycles. The minimum Gasteiger partial charge on any atom is -0.492 e. The van der Waals surface area contributed by atoms with E-state index in [4.69, 9.17) is 14.2 Å². The summed E-state index contributed by atoms with van der Waals surface area (Å²) in [7, 11) is 3.61. The molecule has 226 valence electrons. The Balaban J connectivity index is 1.90. The first-order valence-corrected chi connectivity index (χ1v) is 14.7. The van der Waals surface area contributed by atoms with Gasteiger partial charge in [0, 0.05) is 26.8 Å². The Hall–Kier alpha value is -3.52. The molecule has 1 aliphatic heterocycles. The number of carbonyl (C=O) groups is 1. The van der Waals surface area contributed by atoms with E-state index in [0.29, 0.717) is 44.7 Å². The van der Waals surface area contributed by atoms with Crippen molar-refractivity contribution >= 4 is 12.0 Å². The van der Waals surface area contributed by atoms with Crippen LogP contribution in [-0.4, -0.2) is 74.6 Å². The maximum atomic E-state index is 12.0. The lowest BCUT2D eigenvalue weighted by Crippen LogP contribution is -2.36. The number of unbranched alkanes of at least 4 members (excludes halogenated alkanes) is 3. The highest BCUT2D eigenvalue weighted by atomic mass is 16.5. The van der Waals surface area contributed by atoms with Gasteiger partial charge in [-0.1, -0.05) is 82.5 Å². The maximum Gasteiger partial charge on any atom is 0.326 e. The number of likely N-dealkylation sites (N-methyl/N-ethyl adjacent to an activating group) is 1. The molecule has 41 heavy (non-hydrogen) atoms. The fourth-order valence-corrected chi connectivity index (χ4v) is 4.57. The summed E-state index contributed by atoms with van der Waals surface area (Å²) in [5.74, 6) is 0.0973. The monoisotopic (exact) mass is 567 g/mol. The first kappa shape index (κ1) is 33.7. The second-order valence-corrected chi connectivity index (χ2v) is 10.3. The van der Waals surface area contributed by atoms with Crippen LogP contribution in [0.15, 0.2) is 78.0 Å². The molecule has 0 aromatic heterocycles. The number of aliphatic carboxylic acids is 1.